The van der Waals surface area contributed by atoms with Gasteiger partial charge in [-0.2, -0.15) is 0 Å². The fraction of sp³-hybridized carbons (Fsp3) is 0.875. The highest BCUT2D eigenvalue weighted by atomic mass is 32.1. The molecule has 0 heterocycles. The molecule has 22 heavy (non-hydrogen) atoms. The predicted octanol–water partition coefficient (Wildman–Crippen LogP) is 2.99. The Hall–Kier alpha value is -0.620. The van der Waals surface area contributed by atoms with Gasteiger partial charge in [0.15, 0.2) is 10.2 Å². The second kappa shape index (κ2) is 8.87. The molecule has 0 aromatic carbocycles. The first-order valence-electron chi connectivity index (χ1n) is 8.69. The third-order valence-electron chi connectivity index (χ3n) is 5.25. The Morgan fingerprint density at radius 2 is 1.41 bits per heavy atom. The molecule has 0 spiro atoms. The van der Waals surface area contributed by atoms with Crippen molar-refractivity contribution in [2.75, 3.05) is 0 Å². The molecular formula is C16H30N4S2. The van der Waals surface area contributed by atoms with Crippen LogP contribution < -0.4 is 21.5 Å². The van der Waals surface area contributed by atoms with Gasteiger partial charge < -0.3 is 10.6 Å². The molecule has 2 aliphatic rings. The van der Waals surface area contributed by atoms with Crippen LogP contribution in [0.4, 0.5) is 0 Å². The van der Waals surface area contributed by atoms with E-state index in [0.717, 1.165) is 5.92 Å². The van der Waals surface area contributed by atoms with Gasteiger partial charge in [0.05, 0.1) is 0 Å². The van der Waals surface area contributed by atoms with E-state index < -0.39 is 0 Å². The van der Waals surface area contributed by atoms with E-state index in [1.54, 1.807) is 0 Å². The summed E-state index contributed by atoms with van der Waals surface area (Å²) in [5.41, 5.74) is 6.03. The third kappa shape index (κ3) is 5.54. The summed E-state index contributed by atoms with van der Waals surface area (Å²) in [6.07, 6.45) is 10.2. The summed E-state index contributed by atoms with van der Waals surface area (Å²) in [6.45, 7) is 4.64. The van der Waals surface area contributed by atoms with Crippen LogP contribution in [0.3, 0.4) is 0 Å². The van der Waals surface area contributed by atoms with Gasteiger partial charge in [-0.25, -0.2) is 0 Å². The first-order valence-corrected chi connectivity index (χ1v) is 9.51. The van der Waals surface area contributed by atoms with E-state index in [9.17, 15) is 0 Å². The van der Waals surface area contributed by atoms with Crippen molar-refractivity contribution >= 4 is 34.7 Å². The average Bonchev–Trinajstić information content (AvgIpc) is 2.51. The Bertz CT molecular complexity index is 382. The highest BCUT2D eigenvalue weighted by Gasteiger charge is 2.27. The molecule has 4 nitrogen and oxygen atoms in total. The second-order valence-corrected chi connectivity index (χ2v) is 7.72. The monoisotopic (exact) mass is 342 g/mol. The second-order valence-electron chi connectivity index (χ2n) is 6.91. The van der Waals surface area contributed by atoms with Crippen LogP contribution in [-0.4, -0.2) is 22.3 Å². The molecule has 6 heteroatoms. The Balaban J connectivity index is 1.65. The lowest BCUT2D eigenvalue weighted by molar-refractivity contribution is 0.224. The summed E-state index contributed by atoms with van der Waals surface area (Å²) >= 11 is 10.7. The van der Waals surface area contributed by atoms with Crippen molar-refractivity contribution in [2.24, 2.45) is 11.8 Å². The smallest absolute Gasteiger partial charge is 0.185 e. The SMILES string of the molecule is C[C@@H]1[C@H](C)CCC[C@H]1NC(=S)NNC(=S)NC1CCCCC1. The van der Waals surface area contributed by atoms with Crippen LogP contribution in [0, 0.1) is 11.8 Å². The molecule has 2 fully saturated rings. The van der Waals surface area contributed by atoms with Crippen molar-refractivity contribution in [3.05, 3.63) is 0 Å². The van der Waals surface area contributed by atoms with Crippen LogP contribution in [0.5, 0.6) is 0 Å². The van der Waals surface area contributed by atoms with Crippen molar-refractivity contribution < 1.29 is 0 Å². The van der Waals surface area contributed by atoms with Crippen molar-refractivity contribution in [1.29, 1.82) is 0 Å². The molecule has 126 valence electrons. The average molecular weight is 343 g/mol. The number of hydrogen-bond acceptors (Lipinski definition) is 2. The molecule has 0 bridgehead atoms. The van der Waals surface area contributed by atoms with E-state index in [4.69, 9.17) is 24.4 Å². The number of rotatable bonds is 2. The van der Waals surface area contributed by atoms with Gasteiger partial charge in [0.1, 0.15) is 0 Å². The Morgan fingerprint density at radius 3 is 2.09 bits per heavy atom. The Labute approximate surface area is 145 Å². The maximum Gasteiger partial charge on any atom is 0.185 e. The summed E-state index contributed by atoms with van der Waals surface area (Å²) in [5, 5.41) is 8.07. The van der Waals surface area contributed by atoms with E-state index in [2.05, 4.69) is 35.3 Å². The first kappa shape index (κ1) is 17.7. The maximum absolute atomic E-state index is 5.38. The van der Waals surface area contributed by atoms with Gasteiger partial charge in [-0.05, 0) is 55.5 Å². The van der Waals surface area contributed by atoms with Crippen LogP contribution in [0.2, 0.25) is 0 Å². The van der Waals surface area contributed by atoms with Crippen molar-refractivity contribution in [3.8, 4) is 0 Å². The summed E-state index contributed by atoms with van der Waals surface area (Å²) in [4.78, 5) is 0. The molecule has 0 aliphatic heterocycles. The van der Waals surface area contributed by atoms with Gasteiger partial charge in [-0.3, -0.25) is 10.9 Å². The standard InChI is InChI=1S/C16H30N4S2/c1-11-7-6-10-14(12(11)2)18-16(22)20-19-15(21)17-13-8-4-3-5-9-13/h11-14H,3-10H2,1-2H3,(H2,17,19,21)(H2,18,20,22)/t11-,12-,14-/m1/s1. The molecule has 2 saturated carbocycles. The van der Waals surface area contributed by atoms with Crippen LogP contribution >= 0.6 is 24.4 Å². The van der Waals surface area contributed by atoms with Crippen molar-refractivity contribution in [2.45, 2.75) is 77.3 Å². The lowest BCUT2D eigenvalue weighted by Crippen LogP contribution is -2.55. The third-order valence-corrected chi connectivity index (χ3v) is 5.69. The van der Waals surface area contributed by atoms with Gasteiger partial charge in [-0.15, -0.1) is 0 Å². The molecule has 3 atom stereocenters. The number of nitrogens with one attached hydrogen (secondary N) is 4. The predicted molar refractivity (Wildman–Crippen MR) is 101 cm³/mol. The number of hydrogen-bond donors (Lipinski definition) is 4. The summed E-state index contributed by atoms with van der Waals surface area (Å²) in [6, 6.07) is 0.974. The van der Waals surface area contributed by atoms with E-state index in [0.29, 0.717) is 28.2 Å². The van der Waals surface area contributed by atoms with E-state index in [-0.39, 0.29) is 0 Å². The Kier molecular flexibility index (Phi) is 7.15. The maximum atomic E-state index is 5.38. The molecule has 0 aromatic rings. The van der Waals surface area contributed by atoms with Gasteiger partial charge in [0, 0.05) is 12.1 Å². The van der Waals surface area contributed by atoms with E-state index >= 15 is 0 Å². The van der Waals surface area contributed by atoms with Gasteiger partial charge in [-0.1, -0.05) is 46.0 Å². The zero-order valence-corrected chi connectivity index (χ0v) is 15.4. The molecule has 0 aromatic heterocycles. The largest absolute Gasteiger partial charge is 0.359 e. The summed E-state index contributed by atoms with van der Waals surface area (Å²) in [5.74, 6) is 1.41. The number of thiocarbonyl (C=S) groups is 2. The van der Waals surface area contributed by atoms with Crippen LogP contribution in [-0.2, 0) is 0 Å². The highest BCUT2D eigenvalue weighted by molar-refractivity contribution is 7.80. The topological polar surface area (TPSA) is 48.1 Å². The molecular weight excluding hydrogens is 312 g/mol. The van der Waals surface area contributed by atoms with Crippen LogP contribution in [0.25, 0.3) is 0 Å². The normalized spacial score (nSPS) is 29.5. The first-order chi connectivity index (χ1) is 10.6. The van der Waals surface area contributed by atoms with Crippen LogP contribution in [0.15, 0.2) is 0 Å². The zero-order chi connectivity index (χ0) is 15.9. The minimum absolute atomic E-state index is 0.463. The van der Waals surface area contributed by atoms with Crippen molar-refractivity contribution in [3.63, 3.8) is 0 Å². The fourth-order valence-corrected chi connectivity index (χ4v) is 3.99. The minimum atomic E-state index is 0.463. The molecule has 2 aliphatic carbocycles. The summed E-state index contributed by atoms with van der Waals surface area (Å²) < 4.78 is 0. The van der Waals surface area contributed by atoms with Crippen LogP contribution in [0.1, 0.15) is 65.2 Å². The number of hydrazine groups is 1. The Morgan fingerprint density at radius 1 is 0.773 bits per heavy atom. The van der Waals surface area contributed by atoms with Gasteiger partial charge in [0.2, 0.25) is 0 Å². The molecule has 0 radical (unpaired) electrons. The molecule has 4 N–H and O–H groups in total. The van der Waals surface area contributed by atoms with E-state index in [1.807, 2.05) is 0 Å². The molecule has 0 saturated heterocycles. The molecule has 0 unspecified atom stereocenters. The molecule has 2 rings (SSSR count). The molecule has 0 amide bonds. The van der Waals surface area contributed by atoms with Crippen molar-refractivity contribution in [1.82, 2.24) is 21.5 Å². The fourth-order valence-electron chi connectivity index (χ4n) is 3.57. The van der Waals surface area contributed by atoms with E-state index in [1.165, 1.54) is 51.4 Å². The van der Waals surface area contributed by atoms with Gasteiger partial charge in [0.25, 0.3) is 0 Å². The van der Waals surface area contributed by atoms with Gasteiger partial charge >= 0.3 is 0 Å². The minimum Gasteiger partial charge on any atom is -0.359 e. The zero-order valence-electron chi connectivity index (χ0n) is 13.8. The lowest BCUT2D eigenvalue weighted by Gasteiger charge is -2.35. The lowest BCUT2D eigenvalue weighted by atomic mass is 9.78. The summed E-state index contributed by atoms with van der Waals surface area (Å²) in [7, 11) is 0. The highest BCUT2D eigenvalue weighted by Crippen LogP contribution is 2.29. The quantitative estimate of drug-likeness (QED) is 0.457.